The number of hydrogen-bond donors (Lipinski definition) is 1. The molecule has 2 N–H and O–H groups in total. The molecule has 1 aromatic carbocycles. The van der Waals surface area contributed by atoms with E-state index in [1.165, 1.54) is 24.4 Å². The van der Waals surface area contributed by atoms with Gasteiger partial charge in [0.2, 0.25) is 0 Å². The van der Waals surface area contributed by atoms with E-state index in [9.17, 15) is 13.2 Å². The molecular formula is C13H11F3N2O. The highest BCUT2D eigenvalue weighted by Gasteiger charge is 2.32. The fourth-order valence-corrected chi connectivity index (χ4v) is 1.82. The molecule has 2 aromatic rings. The van der Waals surface area contributed by atoms with Crippen LogP contribution >= 0.6 is 0 Å². The predicted molar refractivity (Wildman–Crippen MR) is 65.5 cm³/mol. The summed E-state index contributed by atoms with van der Waals surface area (Å²) in [6, 6.07) is 7.52. The highest BCUT2D eigenvalue weighted by molar-refractivity contribution is 5.80. The van der Waals surface area contributed by atoms with E-state index in [-0.39, 0.29) is 17.1 Å². The topological polar surface area (TPSA) is 48.1 Å². The Morgan fingerprint density at radius 2 is 1.84 bits per heavy atom. The number of alkyl halides is 3. The van der Waals surface area contributed by atoms with Crippen molar-refractivity contribution >= 4 is 5.82 Å². The lowest BCUT2D eigenvalue weighted by molar-refractivity contribution is -0.274. The van der Waals surface area contributed by atoms with Crippen molar-refractivity contribution in [3.8, 4) is 16.9 Å². The van der Waals surface area contributed by atoms with Crippen molar-refractivity contribution in [2.75, 3.05) is 5.73 Å². The maximum absolute atomic E-state index is 12.4. The van der Waals surface area contributed by atoms with Gasteiger partial charge < -0.3 is 10.5 Å². The zero-order valence-corrected chi connectivity index (χ0v) is 10.0. The summed E-state index contributed by atoms with van der Waals surface area (Å²) in [6.07, 6.45) is -3.25. The Hall–Kier alpha value is -2.24. The van der Waals surface area contributed by atoms with Gasteiger partial charge >= 0.3 is 6.36 Å². The van der Waals surface area contributed by atoms with Crippen LogP contribution < -0.4 is 10.5 Å². The largest absolute Gasteiger partial charge is 0.573 e. The summed E-state index contributed by atoms with van der Waals surface area (Å²) in [5.41, 5.74) is 7.18. The maximum atomic E-state index is 12.4. The van der Waals surface area contributed by atoms with E-state index in [1.807, 2.05) is 0 Å². The first kappa shape index (κ1) is 13.2. The van der Waals surface area contributed by atoms with Gasteiger partial charge in [0.1, 0.15) is 11.6 Å². The van der Waals surface area contributed by atoms with Gasteiger partial charge in [-0.2, -0.15) is 0 Å². The summed E-state index contributed by atoms with van der Waals surface area (Å²) in [7, 11) is 0. The predicted octanol–water partition coefficient (Wildman–Crippen LogP) is 3.54. The average Bonchev–Trinajstić information content (AvgIpc) is 2.29. The van der Waals surface area contributed by atoms with Crippen molar-refractivity contribution in [3.63, 3.8) is 0 Å². The molecule has 1 aromatic heterocycles. The second kappa shape index (κ2) is 4.79. The number of anilines is 1. The van der Waals surface area contributed by atoms with Crippen molar-refractivity contribution in [1.29, 1.82) is 0 Å². The standard InChI is InChI=1S/C13H11F3N2O/c1-8-6-7-18-12(17)11(8)9-4-2-3-5-10(9)19-13(14,15)16/h2-7H,1H3,(H2,17,18). The maximum Gasteiger partial charge on any atom is 0.573 e. The first-order valence-electron chi connectivity index (χ1n) is 5.45. The number of nitrogen functional groups attached to an aromatic ring is 1. The van der Waals surface area contributed by atoms with Crippen LogP contribution in [0.5, 0.6) is 5.75 Å². The molecule has 0 atom stereocenters. The number of benzene rings is 1. The average molecular weight is 268 g/mol. The summed E-state index contributed by atoms with van der Waals surface area (Å²) < 4.78 is 41.1. The van der Waals surface area contributed by atoms with Crippen LogP contribution in [0.2, 0.25) is 0 Å². The summed E-state index contributed by atoms with van der Waals surface area (Å²) in [5, 5.41) is 0. The van der Waals surface area contributed by atoms with Gasteiger partial charge in [-0.25, -0.2) is 4.98 Å². The number of rotatable bonds is 2. The summed E-state index contributed by atoms with van der Waals surface area (Å²) in [5.74, 6) is -0.129. The normalized spacial score (nSPS) is 11.4. The Bertz CT molecular complexity index is 576. The molecule has 6 heteroatoms. The smallest absolute Gasteiger partial charge is 0.405 e. The summed E-state index contributed by atoms with van der Waals surface area (Å²) in [4.78, 5) is 3.89. The Labute approximate surface area is 107 Å². The van der Waals surface area contributed by atoms with E-state index < -0.39 is 6.36 Å². The molecule has 1 heterocycles. The fourth-order valence-electron chi connectivity index (χ4n) is 1.82. The first-order valence-corrected chi connectivity index (χ1v) is 5.45. The molecule has 0 saturated heterocycles. The summed E-state index contributed by atoms with van der Waals surface area (Å²) in [6.45, 7) is 1.75. The number of aromatic nitrogens is 1. The van der Waals surface area contributed by atoms with E-state index in [0.29, 0.717) is 5.56 Å². The molecule has 0 saturated carbocycles. The second-order valence-corrected chi connectivity index (χ2v) is 3.93. The Morgan fingerprint density at radius 1 is 1.16 bits per heavy atom. The van der Waals surface area contributed by atoms with Crippen molar-refractivity contribution in [2.45, 2.75) is 13.3 Å². The number of nitrogens with two attached hydrogens (primary N) is 1. The molecule has 19 heavy (non-hydrogen) atoms. The Balaban J connectivity index is 2.57. The Kier molecular flexibility index (Phi) is 3.33. The van der Waals surface area contributed by atoms with E-state index in [1.54, 1.807) is 19.1 Å². The van der Waals surface area contributed by atoms with Crippen molar-refractivity contribution in [2.24, 2.45) is 0 Å². The minimum Gasteiger partial charge on any atom is -0.405 e. The van der Waals surface area contributed by atoms with Gasteiger partial charge in [-0.1, -0.05) is 18.2 Å². The molecule has 3 nitrogen and oxygen atoms in total. The summed E-state index contributed by atoms with van der Waals surface area (Å²) >= 11 is 0. The molecule has 100 valence electrons. The number of nitrogens with zero attached hydrogens (tertiary/aromatic N) is 1. The monoisotopic (exact) mass is 268 g/mol. The SMILES string of the molecule is Cc1ccnc(N)c1-c1ccccc1OC(F)(F)F. The molecule has 0 fully saturated rings. The van der Waals surface area contributed by atoms with Gasteiger partial charge in [-0.15, -0.1) is 13.2 Å². The fraction of sp³-hybridized carbons (Fsp3) is 0.154. The number of para-hydroxylation sites is 1. The third-order valence-electron chi connectivity index (χ3n) is 2.57. The van der Waals surface area contributed by atoms with Crippen LogP contribution in [0.25, 0.3) is 11.1 Å². The third-order valence-corrected chi connectivity index (χ3v) is 2.57. The molecule has 0 spiro atoms. The minimum atomic E-state index is -4.75. The lowest BCUT2D eigenvalue weighted by atomic mass is 10.0. The van der Waals surface area contributed by atoms with Gasteiger partial charge in [0.25, 0.3) is 0 Å². The lowest BCUT2D eigenvalue weighted by Crippen LogP contribution is -2.17. The van der Waals surface area contributed by atoms with Gasteiger partial charge in [0.15, 0.2) is 0 Å². The van der Waals surface area contributed by atoms with Crippen LogP contribution in [0.3, 0.4) is 0 Å². The van der Waals surface area contributed by atoms with Crippen molar-refractivity contribution < 1.29 is 17.9 Å². The Morgan fingerprint density at radius 3 is 2.47 bits per heavy atom. The molecule has 0 aliphatic rings. The second-order valence-electron chi connectivity index (χ2n) is 3.93. The van der Waals surface area contributed by atoms with E-state index in [0.717, 1.165) is 5.56 Å². The molecule has 0 aliphatic heterocycles. The lowest BCUT2D eigenvalue weighted by Gasteiger charge is -2.15. The van der Waals surface area contributed by atoms with Crippen molar-refractivity contribution in [3.05, 3.63) is 42.1 Å². The molecular weight excluding hydrogens is 257 g/mol. The number of aryl methyl sites for hydroxylation is 1. The molecule has 2 rings (SSSR count). The molecule has 0 unspecified atom stereocenters. The minimum absolute atomic E-state index is 0.165. The zero-order valence-electron chi connectivity index (χ0n) is 10.0. The zero-order chi connectivity index (χ0) is 14.0. The van der Waals surface area contributed by atoms with Crippen molar-refractivity contribution in [1.82, 2.24) is 4.98 Å². The van der Waals surface area contributed by atoms with Gasteiger partial charge in [-0.05, 0) is 24.6 Å². The van der Waals surface area contributed by atoms with Gasteiger partial charge in [0, 0.05) is 17.3 Å². The van der Waals surface area contributed by atoms with Crippen LogP contribution in [0.1, 0.15) is 5.56 Å². The molecule has 0 aliphatic carbocycles. The highest BCUT2D eigenvalue weighted by Crippen LogP contribution is 2.37. The highest BCUT2D eigenvalue weighted by atomic mass is 19.4. The van der Waals surface area contributed by atoms with E-state index in [4.69, 9.17) is 5.73 Å². The number of halogens is 3. The molecule has 0 radical (unpaired) electrons. The molecule has 0 amide bonds. The first-order chi connectivity index (χ1) is 8.88. The molecule has 0 bridgehead atoms. The van der Waals surface area contributed by atoms with E-state index >= 15 is 0 Å². The quantitative estimate of drug-likeness (QED) is 0.906. The van der Waals surface area contributed by atoms with Gasteiger partial charge in [-0.3, -0.25) is 0 Å². The number of hydrogen-bond acceptors (Lipinski definition) is 3. The van der Waals surface area contributed by atoms with Crippen LogP contribution in [0.4, 0.5) is 19.0 Å². The van der Waals surface area contributed by atoms with Crippen LogP contribution in [-0.4, -0.2) is 11.3 Å². The third kappa shape index (κ3) is 2.96. The number of ether oxygens (including phenoxy) is 1. The van der Waals surface area contributed by atoms with Crippen LogP contribution in [0.15, 0.2) is 36.5 Å². The van der Waals surface area contributed by atoms with Crippen LogP contribution in [-0.2, 0) is 0 Å². The van der Waals surface area contributed by atoms with Crippen LogP contribution in [0, 0.1) is 6.92 Å². The number of pyridine rings is 1. The van der Waals surface area contributed by atoms with E-state index in [2.05, 4.69) is 9.72 Å². The van der Waals surface area contributed by atoms with Gasteiger partial charge in [0.05, 0.1) is 0 Å².